The van der Waals surface area contributed by atoms with Gasteiger partial charge in [0.1, 0.15) is 0 Å². The molecule has 0 aliphatic rings. The van der Waals surface area contributed by atoms with Crippen molar-refractivity contribution in [3.05, 3.63) is 35.0 Å². The summed E-state index contributed by atoms with van der Waals surface area (Å²) in [7, 11) is 0. The van der Waals surface area contributed by atoms with Crippen molar-refractivity contribution < 1.29 is 9.84 Å². The van der Waals surface area contributed by atoms with E-state index in [1.165, 1.54) is 0 Å². The molecule has 0 aliphatic carbocycles. The molecular formula is C14H20N6O2. The van der Waals surface area contributed by atoms with E-state index in [4.69, 9.17) is 10.4 Å². The number of benzene rings is 1. The number of amidine groups is 1. The maximum atomic E-state index is 9.36. The molecule has 0 amide bonds. The lowest BCUT2D eigenvalue weighted by Crippen LogP contribution is -2.27. The molecule has 1 aromatic carbocycles. The zero-order valence-electron chi connectivity index (χ0n) is 12.8. The molecular weight excluding hydrogens is 284 g/mol. The highest BCUT2D eigenvalue weighted by atomic mass is 16.6. The van der Waals surface area contributed by atoms with Crippen LogP contribution in [0.4, 0.5) is 11.5 Å². The number of aliphatic imine (C=N–C) groups is 1. The van der Waals surface area contributed by atoms with Gasteiger partial charge in [0.05, 0.1) is 5.69 Å². The van der Waals surface area contributed by atoms with Gasteiger partial charge in [0.25, 0.3) is 0 Å². The SMILES string of the molecule is Cc1cc(C)cc(N=C(NO)c2nonc2NCC(C)N)c1. The molecule has 2 rings (SSSR count). The van der Waals surface area contributed by atoms with Crippen molar-refractivity contribution in [1.29, 1.82) is 0 Å². The Bertz CT molecular complexity index is 645. The van der Waals surface area contributed by atoms with Gasteiger partial charge < -0.3 is 11.1 Å². The predicted octanol–water partition coefficient (Wildman–Crippen LogP) is 1.50. The van der Waals surface area contributed by atoms with Crippen LogP contribution in [0.1, 0.15) is 23.7 Å². The van der Waals surface area contributed by atoms with Crippen molar-refractivity contribution in [2.75, 3.05) is 11.9 Å². The Morgan fingerprint density at radius 2 is 2.00 bits per heavy atom. The van der Waals surface area contributed by atoms with E-state index >= 15 is 0 Å². The summed E-state index contributed by atoms with van der Waals surface area (Å²) in [5, 5.41) is 19.9. The van der Waals surface area contributed by atoms with Gasteiger partial charge >= 0.3 is 0 Å². The number of hydroxylamine groups is 1. The van der Waals surface area contributed by atoms with Crippen LogP contribution in [0.5, 0.6) is 0 Å². The van der Waals surface area contributed by atoms with Crippen LogP contribution >= 0.6 is 0 Å². The molecule has 0 bridgehead atoms. The highest BCUT2D eigenvalue weighted by Gasteiger charge is 2.16. The van der Waals surface area contributed by atoms with Crippen molar-refractivity contribution >= 4 is 17.3 Å². The Morgan fingerprint density at radius 1 is 1.32 bits per heavy atom. The number of hydrogen-bond acceptors (Lipinski definition) is 7. The quantitative estimate of drug-likeness (QED) is 0.375. The lowest BCUT2D eigenvalue weighted by Gasteiger charge is -2.08. The molecule has 1 aromatic heterocycles. The number of aryl methyl sites for hydroxylation is 2. The number of hydrogen-bond donors (Lipinski definition) is 4. The van der Waals surface area contributed by atoms with E-state index < -0.39 is 0 Å². The molecule has 0 radical (unpaired) electrons. The number of nitrogens with two attached hydrogens (primary N) is 1. The molecule has 0 saturated heterocycles. The Kier molecular flexibility index (Phi) is 5.08. The Morgan fingerprint density at radius 3 is 2.59 bits per heavy atom. The molecule has 2 aromatic rings. The van der Waals surface area contributed by atoms with E-state index in [1.54, 1.807) is 0 Å². The number of nitrogens with one attached hydrogen (secondary N) is 2. The van der Waals surface area contributed by atoms with Crippen LogP contribution in [-0.4, -0.2) is 33.9 Å². The average molecular weight is 304 g/mol. The van der Waals surface area contributed by atoms with Gasteiger partial charge in [-0.05, 0) is 54.3 Å². The summed E-state index contributed by atoms with van der Waals surface area (Å²) < 4.78 is 4.71. The summed E-state index contributed by atoms with van der Waals surface area (Å²) in [6.45, 7) is 6.30. The molecule has 8 nitrogen and oxygen atoms in total. The van der Waals surface area contributed by atoms with E-state index in [9.17, 15) is 5.21 Å². The Hall–Kier alpha value is -2.45. The molecule has 0 saturated carbocycles. The van der Waals surface area contributed by atoms with E-state index in [-0.39, 0.29) is 17.6 Å². The molecule has 1 heterocycles. The minimum Gasteiger partial charge on any atom is -0.364 e. The third-order valence-corrected chi connectivity index (χ3v) is 2.86. The fourth-order valence-corrected chi connectivity index (χ4v) is 1.99. The van der Waals surface area contributed by atoms with Gasteiger partial charge in [0.2, 0.25) is 5.82 Å². The first-order valence-corrected chi connectivity index (χ1v) is 6.89. The Balaban J connectivity index is 2.31. The molecule has 118 valence electrons. The number of nitrogens with zero attached hydrogens (tertiary/aromatic N) is 3. The minimum atomic E-state index is -0.0635. The third kappa shape index (κ3) is 4.03. The molecule has 1 atom stereocenters. The maximum absolute atomic E-state index is 9.36. The average Bonchev–Trinajstić information content (AvgIpc) is 2.89. The fourth-order valence-electron chi connectivity index (χ4n) is 1.99. The minimum absolute atomic E-state index is 0.0635. The number of rotatable bonds is 5. The van der Waals surface area contributed by atoms with Crippen LogP contribution in [0, 0.1) is 13.8 Å². The van der Waals surface area contributed by atoms with Gasteiger partial charge in [0, 0.05) is 12.6 Å². The highest BCUT2D eigenvalue weighted by Crippen LogP contribution is 2.19. The standard InChI is InChI=1S/C14H20N6O2/c1-8-4-9(2)6-11(5-8)17-14(18-21)12-13(20-22-19-12)16-7-10(3)15/h4-6,10,21H,7,15H2,1-3H3,(H,16,20)(H,17,18). The van der Waals surface area contributed by atoms with Gasteiger partial charge in [-0.3, -0.25) is 10.7 Å². The summed E-state index contributed by atoms with van der Waals surface area (Å²) in [6, 6.07) is 5.77. The fraction of sp³-hybridized carbons (Fsp3) is 0.357. The summed E-state index contributed by atoms with van der Waals surface area (Å²) in [5.74, 6) is 0.500. The molecule has 8 heteroatoms. The van der Waals surface area contributed by atoms with E-state index in [0.29, 0.717) is 18.1 Å². The predicted molar refractivity (Wildman–Crippen MR) is 83.5 cm³/mol. The van der Waals surface area contributed by atoms with Gasteiger partial charge in [-0.25, -0.2) is 9.62 Å². The van der Waals surface area contributed by atoms with Crippen molar-refractivity contribution in [3.8, 4) is 0 Å². The van der Waals surface area contributed by atoms with Crippen LogP contribution in [0.15, 0.2) is 27.8 Å². The van der Waals surface area contributed by atoms with Gasteiger partial charge in [-0.2, -0.15) is 0 Å². The highest BCUT2D eigenvalue weighted by molar-refractivity contribution is 6.01. The molecule has 0 fully saturated rings. The molecule has 0 spiro atoms. The van der Waals surface area contributed by atoms with Gasteiger partial charge in [0.15, 0.2) is 11.5 Å². The largest absolute Gasteiger partial charge is 0.364 e. The first-order chi connectivity index (χ1) is 10.5. The smallest absolute Gasteiger partial charge is 0.202 e. The van der Waals surface area contributed by atoms with Crippen molar-refractivity contribution in [3.63, 3.8) is 0 Å². The monoisotopic (exact) mass is 304 g/mol. The van der Waals surface area contributed by atoms with Crippen molar-refractivity contribution in [2.24, 2.45) is 10.7 Å². The third-order valence-electron chi connectivity index (χ3n) is 2.86. The van der Waals surface area contributed by atoms with Gasteiger partial charge in [-0.1, -0.05) is 6.07 Å². The van der Waals surface area contributed by atoms with E-state index in [1.807, 2.05) is 44.5 Å². The summed E-state index contributed by atoms with van der Waals surface area (Å²) in [4.78, 5) is 4.35. The zero-order valence-corrected chi connectivity index (χ0v) is 12.8. The second-order valence-electron chi connectivity index (χ2n) is 5.24. The Labute approximate surface area is 128 Å². The molecule has 0 aliphatic heterocycles. The van der Waals surface area contributed by atoms with Crippen LogP contribution in [0.25, 0.3) is 0 Å². The lowest BCUT2D eigenvalue weighted by atomic mass is 10.1. The molecule has 5 N–H and O–H groups in total. The maximum Gasteiger partial charge on any atom is 0.202 e. The first kappa shape index (κ1) is 15.9. The van der Waals surface area contributed by atoms with Crippen molar-refractivity contribution in [1.82, 2.24) is 15.8 Å². The van der Waals surface area contributed by atoms with E-state index in [2.05, 4.69) is 20.6 Å². The van der Waals surface area contributed by atoms with Crippen LogP contribution < -0.4 is 16.5 Å². The van der Waals surface area contributed by atoms with Crippen LogP contribution in [0.2, 0.25) is 0 Å². The number of aromatic nitrogens is 2. The van der Waals surface area contributed by atoms with Gasteiger partial charge in [-0.15, -0.1) is 0 Å². The lowest BCUT2D eigenvalue weighted by molar-refractivity contribution is 0.234. The second-order valence-corrected chi connectivity index (χ2v) is 5.24. The topological polar surface area (TPSA) is 122 Å². The zero-order chi connectivity index (χ0) is 16.1. The summed E-state index contributed by atoms with van der Waals surface area (Å²) in [5.41, 5.74) is 10.8. The van der Waals surface area contributed by atoms with Crippen LogP contribution in [0.3, 0.4) is 0 Å². The summed E-state index contributed by atoms with van der Waals surface area (Å²) >= 11 is 0. The number of anilines is 1. The summed E-state index contributed by atoms with van der Waals surface area (Å²) in [6.07, 6.45) is 0. The second kappa shape index (κ2) is 7.01. The first-order valence-electron chi connectivity index (χ1n) is 6.89. The molecule has 22 heavy (non-hydrogen) atoms. The van der Waals surface area contributed by atoms with Crippen molar-refractivity contribution in [2.45, 2.75) is 26.8 Å². The molecule has 1 unspecified atom stereocenters. The van der Waals surface area contributed by atoms with Crippen LogP contribution in [-0.2, 0) is 0 Å². The van der Waals surface area contributed by atoms with E-state index in [0.717, 1.165) is 11.1 Å². The normalized spacial score (nSPS) is 13.0.